The maximum atomic E-state index is 12.7. The summed E-state index contributed by atoms with van der Waals surface area (Å²) in [5.74, 6) is 0.0833. The summed E-state index contributed by atoms with van der Waals surface area (Å²) < 4.78 is 5.50. The van der Waals surface area contributed by atoms with Crippen LogP contribution in [0.4, 0.5) is 4.79 Å². The van der Waals surface area contributed by atoms with Crippen molar-refractivity contribution < 1.29 is 14.3 Å². The van der Waals surface area contributed by atoms with E-state index < -0.39 is 0 Å². The number of hydrogen-bond acceptors (Lipinski definition) is 3. The molecule has 4 rings (SSSR count). The first-order chi connectivity index (χ1) is 13.6. The van der Waals surface area contributed by atoms with Crippen LogP contribution in [0.15, 0.2) is 18.2 Å². The van der Waals surface area contributed by atoms with Crippen LogP contribution in [0.2, 0.25) is 0 Å². The van der Waals surface area contributed by atoms with Crippen molar-refractivity contribution in [2.24, 2.45) is 0 Å². The number of urea groups is 1. The van der Waals surface area contributed by atoms with E-state index >= 15 is 0 Å². The third kappa shape index (κ3) is 4.17. The molecule has 3 amide bonds. The monoisotopic (exact) mass is 385 g/mol. The van der Waals surface area contributed by atoms with Crippen molar-refractivity contribution in [1.29, 1.82) is 0 Å². The number of amides is 3. The number of carbonyl (C=O) groups is 2. The van der Waals surface area contributed by atoms with Gasteiger partial charge in [-0.2, -0.15) is 0 Å². The molecule has 0 radical (unpaired) electrons. The molecule has 2 fully saturated rings. The van der Waals surface area contributed by atoms with Crippen LogP contribution in [-0.4, -0.2) is 60.6 Å². The minimum atomic E-state index is -0.274. The number of nitrogens with zero attached hydrogens (tertiary/aromatic N) is 2. The summed E-state index contributed by atoms with van der Waals surface area (Å²) in [6, 6.07) is 6.56. The number of benzene rings is 1. The molecule has 3 aliphatic rings. The molecule has 0 bridgehead atoms. The summed E-state index contributed by atoms with van der Waals surface area (Å²) in [7, 11) is 0. The van der Waals surface area contributed by atoms with E-state index in [2.05, 4.69) is 23.5 Å². The standard InChI is InChI=1S/C22H31N3O3/c1-16(18-9-8-17-5-2-3-6-19(17)15-18)23-22(27)25-12-10-24(11-13-25)21(26)20-7-4-14-28-20/h8-9,15-16,20H,2-7,10-14H2,1H3,(H,23,27). The molecule has 6 heteroatoms. The fraction of sp³-hybridized carbons (Fsp3) is 0.636. The maximum Gasteiger partial charge on any atom is 0.317 e. The van der Waals surface area contributed by atoms with E-state index in [-0.39, 0.29) is 24.1 Å². The summed E-state index contributed by atoms with van der Waals surface area (Å²) in [5, 5.41) is 3.13. The third-order valence-corrected chi connectivity index (χ3v) is 6.30. The zero-order valence-electron chi connectivity index (χ0n) is 16.8. The van der Waals surface area contributed by atoms with Gasteiger partial charge in [0.2, 0.25) is 0 Å². The predicted octanol–water partition coefficient (Wildman–Crippen LogP) is 2.66. The molecule has 2 saturated heterocycles. The second-order valence-corrected chi connectivity index (χ2v) is 8.22. The van der Waals surface area contributed by atoms with Crippen LogP contribution in [0.5, 0.6) is 0 Å². The average Bonchev–Trinajstić information content (AvgIpc) is 3.28. The summed E-state index contributed by atoms with van der Waals surface area (Å²) in [4.78, 5) is 28.8. The van der Waals surface area contributed by atoms with Crippen LogP contribution in [-0.2, 0) is 22.4 Å². The maximum absolute atomic E-state index is 12.7. The molecule has 6 nitrogen and oxygen atoms in total. The van der Waals surface area contributed by atoms with Crippen LogP contribution in [0.1, 0.15) is 55.3 Å². The summed E-state index contributed by atoms with van der Waals surface area (Å²) in [6.07, 6.45) is 6.35. The number of piperazine rings is 1. The lowest BCUT2D eigenvalue weighted by molar-refractivity contribution is -0.142. The molecule has 1 aromatic rings. The molecule has 2 unspecified atom stereocenters. The third-order valence-electron chi connectivity index (χ3n) is 6.30. The van der Waals surface area contributed by atoms with Gasteiger partial charge in [0.1, 0.15) is 6.10 Å². The van der Waals surface area contributed by atoms with Crippen LogP contribution < -0.4 is 5.32 Å². The van der Waals surface area contributed by atoms with E-state index in [0.717, 1.165) is 19.3 Å². The van der Waals surface area contributed by atoms with Gasteiger partial charge in [-0.05, 0) is 62.1 Å². The van der Waals surface area contributed by atoms with Gasteiger partial charge in [-0.15, -0.1) is 0 Å². The van der Waals surface area contributed by atoms with Gasteiger partial charge in [-0.3, -0.25) is 4.79 Å². The number of hydrogen-bond donors (Lipinski definition) is 1. The molecule has 28 heavy (non-hydrogen) atoms. The molecule has 1 aromatic carbocycles. The second-order valence-electron chi connectivity index (χ2n) is 8.22. The fourth-order valence-corrected chi connectivity index (χ4v) is 4.49. The number of fused-ring (bicyclic) bond motifs is 1. The lowest BCUT2D eigenvalue weighted by Crippen LogP contribution is -2.55. The highest BCUT2D eigenvalue weighted by atomic mass is 16.5. The Bertz CT molecular complexity index is 722. The van der Waals surface area contributed by atoms with Gasteiger partial charge in [0, 0.05) is 32.8 Å². The Labute approximate surface area is 167 Å². The zero-order chi connectivity index (χ0) is 19.5. The van der Waals surface area contributed by atoms with Crippen LogP contribution in [0.25, 0.3) is 0 Å². The molecule has 0 aromatic heterocycles. The molecule has 0 saturated carbocycles. The van der Waals surface area contributed by atoms with E-state index in [0.29, 0.717) is 32.8 Å². The van der Waals surface area contributed by atoms with Gasteiger partial charge in [0.05, 0.1) is 6.04 Å². The normalized spacial score (nSPS) is 23.2. The van der Waals surface area contributed by atoms with Crippen LogP contribution in [0, 0.1) is 0 Å². The minimum absolute atomic E-state index is 0.0220. The Morgan fingerprint density at radius 2 is 1.75 bits per heavy atom. The lowest BCUT2D eigenvalue weighted by atomic mass is 9.89. The average molecular weight is 386 g/mol. The van der Waals surface area contributed by atoms with Crippen molar-refractivity contribution in [3.8, 4) is 0 Å². The number of carbonyl (C=O) groups excluding carboxylic acids is 2. The summed E-state index contributed by atoms with van der Waals surface area (Å²) >= 11 is 0. The molecule has 0 spiro atoms. The quantitative estimate of drug-likeness (QED) is 0.870. The minimum Gasteiger partial charge on any atom is -0.368 e. The number of aryl methyl sites for hydroxylation is 2. The zero-order valence-corrected chi connectivity index (χ0v) is 16.8. The molecule has 2 aliphatic heterocycles. The van der Waals surface area contributed by atoms with E-state index in [9.17, 15) is 9.59 Å². The number of nitrogens with one attached hydrogen (secondary N) is 1. The van der Waals surface area contributed by atoms with Gasteiger partial charge in [-0.25, -0.2) is 4.79 Å². The SMILES string of the molecule is CC(NC(=O)N1CCN(C(=O)C2CCCO2)CC1)c1ccc2c(c1)CCCC2. The highest BCUT2D eigenvalue weighted by molar-refractivity contribution is 5.81. The molecule has 1 N–H and O–H groups in total. The van der Waals surface area contributed by atoms with E-state index in [4.69, 9.17) is 4.74 Å². The molecular weight excluding hydrogens is 354 g/mol. The van der Waals surface area contributed by atoms with Gasteiger partial charge in [0.15, 0.2) is 0 Å². The van der Waals surface area contributed by atoms with Crippen LogP contribution >= 0.6 is 0 Å². The first kappa shape index (κ1) is 19.2. The van der Waals surface area contributed by atoms with Crippen molar-refractivity contribution in [2.75, 3.05) is 32.8 Å². The first-order valence-corrected chi connectivity index (χ1v) is 10.7. The Kier molecular flexibility index (Phi) is 5.85. The predicted molar refractivity (Wildman–Crippen MR) is 107 cm³/mol. The van der Waals surface area contributed by atoms with E-state index in [1.807, 2.05) is 16.7 Å². The first-order valence-electron chi connectivity index (χ1n) is 10.7. The lowest BCUT2D eigenvalue weighted by Gasteiger charge is -2.36. The topological polar surface area (TPSA) is 61.9 Å². The fourth-order valence-electron chi connectivity index (χ4n) is 4.49. The summed E-state index contributed by atoms with van der Waals surface area (Å²) in [5.41, 5.74) is 4.06. The molecule has 152 valence electrons. The number of ether oxygens (including phenoxy) is 1. The van der Waals surface area contributed by atoms with Crippen molar-refractivity contribution in [3.05, 3.63) is 34.9 Å². The molecular formula is C22H31N3O3. The largest absolute Gasteiger partial charge is 0.368 e. The Morgan fingerprint density at radius 1 is 1.04 bits per heavy atom. The van der Waals surface area contributed by atoms with Crippen LogP contribution in [0.3, 0.4) is 0 Å². The van der Waals surface area contributed by atoms with E-state index in [1.54, 1.807) is 0 Å². The summed E-state index contributed by atoms with van der Waals surface area (Å²) in [6.45, 7) is 5.03. The smallest absolute Gasteiger partial charge is 0.317 e. The highest BCUT2D eigenvalue weighted by Crippen LogP contribution is 2.25. The Morgan fingerprint density at radius 3 is 2.46 bits per heavy atom. The van der Waals surface area contributed by atoms with Gasteiger partial charge < -0.3 is 19.9 Å². The molecule has 1 aliphatic carbocycles. The second kappa shape index (κ2) is 8.52. The van der Waals surface area contributed by atoms with E-state index in [1.165, 1.54) is 36.0 Å². The van der Waals surface area contributed by atoms with Gasteiger partial charge in [-0.1, -0.05) is 18.2 Å². The van der Waals surface area contributed by atoms with Crippen molar-refractivity contribution in [1.82, 2.24) is 15.1 Å². The van der Waals surface area contributed by atoms with Gasteiger partial charge in [0.25, 0.3) is 5.91 Å². The molecule has 2 atom stereocenters. The van der Waals surface area contributed by atoms with Crippen molar-refractivity contribution in [2.45, 2.75) is 57.6 Å². The highest BCUT2D eigenvalue weighted by Gasteiger charge is 2.31. The molecule has 2 heterocycles. The van der Waals surface area contributed by atoms with Crippen molar-refractivity contribution in [3.63, 3.8) is 0 Å². The van der Waals surface area contributed by atoms with Crippen molar-refractivity contribution >= 4 is 11.9 Å². The van der Waals surface area contributed by atoms with Gasteiger partial charge >= 0.3 is 6.03 Å². The number of rotatable bonds is 3. The Hall–Kier alpha value is -2.08. The Balaban J connectivity index is 1.29.